The molecule has 1 aliphatic carbocycles. The van der Waals surface area contributed by atoms with Gasteiger partial charge in [-0.25, -0.2) is 9.37 Å². The number of para-hydroxylation sites is 1. The number of benzene rings is 2. The first kappa shape index (κ1) is 28.4. The molecule has 3 heterocycles. The monoisotopic (exact) mass is 598 g/mol. The van der Waals surface area contributed by atoms with Gasteiger partial charge in [-0.1, -0.05) is 23.7 Å². The molecule has 0 amide bonds. The van der Waals surface area contributed by atoms with E-state index in [0.29, 0.717) is 46.3 Å². The number of halogens is 2. The summed E-state index contributed by atoms with van der Waals surface area (Å²) in [7, 11) is -2.55. The number of likely N-dealkylation sites (tertiary alicyclic amines) is 1. The fourth-order valence-corrected chi connectivity index (χ4v) is 7.24. The third-order valence-corrected chi connectivity index (χ3v) is 10.3. The Labute approximate surface area is 245 Å². The normalized spacial score (nSPS) is 18.6. The van der Waals surface area contributed by atoms with Gasteiger partial charge in [0.25, 0.3) is 0 Å². The lowest BCUT2D eigenvalue weighted by atomic mass is 9.85. The van der Waals surface area contributed by atoms with Crippen LogP contribution in [-0.2, 0) is 11.0 Å². The first-order chi connectivity index (χ1) is 19.6. The number of hydrogen-bond donors (Lipinski definition) is 3. The lowest BCUT2D eigenvalue weighted by Gasteiger charge is -2.33. The number of nitrogens with two attached hydrogens (primary N) is 1. The van der Waals surface area contributed by atoms with Crippen LogP contribution in [-0.4, -0.2) is 60.0 Å². The van der Waals surface area contributed by atoms with Gasteiger partial charge in [-0.3, -0.25) is 0 Å². The molecule has 4 N–H and O–H groups in total. The van der Waals surface area contributed by atoms with Crippen molar-refractivity contribution in [3.63, 3.8) is 0 Å². The molecule has 6 rings (SSSR count). The zero-order valence-electron chi connectivity index (χ0n) is 23.6. The summed E-state index contributed by atoms with van der Waals surface area (Å²) in [5.74, 6) is 1.21. The van der Waals surface area contributed by atoms with Crippen molar-refractivity contribution in [2.24, 2.45) is 5.73 Å². The Hall–Kier alpha value is -2.71. The van der Waals surface area contributed by atoms with Crippen molar-refractivity contribution in [2.75, 3.05) is 50.2 Å². The van der Waals surface area contributed by atoms with E-state index >= 15 is 4.39 Å². The molecule has 0 bridgehead atoms. The highest BCUT2D eigenvalue weighted by Gasteiger charge is 2.38. The smallest absolute Gasteiger partial charge is 0.229 e. The minimum atomic E-state index is -2.55. The molecule has 2 fully saturated rings. The highest BCUT2D eigenvalue weighted by atomic mass is 35.5. The molecule has 3 aromatic rings. The Morgan fingerprint density at radius 1 is 1.20 bits per heavy atom. The Balaban J connectivity index is 1.20. The molecular weight excluding hydrogens is 562 g/mol. The molecule has 1 aromatic heterocycles. The second kappa shape index (κ2) is 11.2. The number of fused-ring (bicyclic) bond motifs is 1. The van der Waals surface area contributed by atoms with Gasteiger partial charge in [-0.15, -0.1) is 0 Å². The van der Waals surface area contributed by atoms with E-state index in [1.165, 1.54) is 12.3 Å². The van der Waals surface area contributed by atoms with Crippen molar-refractivity contribution in [1.29, 1.82) is 0 Å². The predicted molar refractivity (Wildman–Crippen MR) is 164 cm³/mol. The van der Waals surface area contributed by atoms with Crippen molar-refractivity contribution in [3.8, 4) is 5.75 Å². The van der Waals surface area contributed by atoms with Crippen LogP contribution in [0.4, 0.5) is 27.5 Å². The first-order valence-corrected chi connectivity index (χ1v) is 17.3. The summed E-state index contributed by atoms with van der Waals surface area (Å²) in [5.41, 5.74) is 9.23. The van der Waals surface area contributed by atoms with Gasteiger partial charge in [0.15, 0.2) is 5.82 Å². The largest absolute Gasteiger partial charge is 0.491 e. The minimum absolute atomic E-state index is 0.0636. The van der Waals surface area contributed by atoms with E-state index in [0.717, 1.165) is 62.9 Å². The van der Waals surface area contributed by atoms with Crippen LogP contribution >= 0.6 is 18.7 Å². The molecule has 1 saturated carbocycles. The molecule has 0 radical (unpaired) electrons. The Bertz CT molecular complexity index is 1500. The van der Waals surface area contributed by atoms with E-state index in [1.54, 1.807) is 13.3 Å². The van der Waals surface area contributed by atoms with E-state index in [4.69, 9.17) is 22.1 Å². The van der Waals surface area contributed by atoms with Crippen LogP contribution in [0, 0.1) is 5.82 Å². The first-order valence-electron chi connectivity index (χ1n) is 14.3. The summed E-state index contributed by atoms with van der Waals surface area (Å²) in [6.07, 6.45) is 7.31. The van der Waals surface area contributed by atoms with E-state index in [-0.39, 0.29) is 23.2 Å². The Morgan fingerprint density at radius 2 is 1.95 bits per heavy atom. The average Bonchev–Trinajstić information content (AvgIpc) is 3.47. The quantitative estimate of drug-likeness (QED) is 0.258. The summed E-state index contributed by atoms with van der Waals surface area (Å²) in [6, 6.07) is 8.87. The molecule has 0 spiro atoms. The minimum Gasteiger partial charge on any atom is -0.491 e. The predicted octanol–water partition coefficient (Wildman–Crippen LogP) is 6.00. The standard InChI is InChI=1S/C30H37ClFN6O2P/c1-41(2,39)25-6-4-3-5-23(25)35-28-21(31)18-34-29(37-28)36-24-17-22(32)26(20-9-16-40-27(20)24)19-7-13-38(14-8-19)15-12-30(33)10-11-30/h3-6,17-19H,7-16,33H2,1-2H3,(H2,34,35,36,37). The molecule has 11 heteroatoms. The SMILES string of the molecule is CP(C)(=O)c1ccccc1Nc1nc(Nc2cc(F)c(C3CCN(CCC4(N)CC4)CC3)c3c2OCC3)ncc1Cl. The molecule has 8 nitrogen and oxygen atoms in total. The topological polar surface area (TPSA) is 105 Å². The summed E-state index contributed by atoms with van der Waals surface area (Å²) in [5, 5.41) is 7.36. The lowest BCUT2D eigenvalue weighted by Crippen LogP contribution is -2.37. The van der Waals surface area contributed by atoms with Gasteiger partial charge >= 0.3 is 0 Å². The van der Waals surface area contributed by atoms with E-state index in [2.05, 4.69) is 25.5 Å². The zero-order valence-corrected chi connectivity index (χ0v) is 25.2. The van der Waals surface area contributed by atoms with Crippen molar-refractivity contribution in [3.05, 3.63) is 58.5 Å². The van der Waals surface area contributed by atoms with Crippen molar-refractivity contribution in [1.82, 2.24) is 14.9 Å². The lowest BCUT2D eigenvalue weighted by molar-refractivity contribution is 0.202. The molecule has 0 atom stereocenters. The van der Waals surface area contributed by atoms with Crippen LogP contribution in [0.15, 0.2) is 36.5 Å². The summed E-state index contributed by atoms with van der Waals surface area (Å²) in [4.78, 5) is 11.3. The second-order valence-corrected chi connectivity index (χ2v) is 15.6. The van der Waals surface area contributed by atoms with Crippen LogP contribution in [0.5, 0.6) is 5.75 Å². The van der Waals surface area contributed by atoms with E-state index < -0.39 is 7.14 Å². The number of hydrogen-bond acceptors (Lipinski definition) is 8. The number of ether oxygens (including phenoxy) is 1. The number of piperidine rings is 1. The van der Waals surface area contributed by atoms with Crippen LogP contribution in [0.3, 0.4) is 0 Å². The zero-order chi connectivity index (χ0) is 28.8. The Morgan fingerprint density at radius 3 is 2.68 bits per heavy atom. The van der Waals surface area contributed by atoms with Gasteiger partial charge in [0.2, 0.25) is 5.95 Å². The maximum Gasteiger partial charge on any atom is 0.229 e. The van der Waals surface area contributed by atoms with Crippen LogP contribution in [0.2, 0.25) is 5.02 Å². The maximum atomic E-state index is 15.8. The summed E-state index contributed by atoms with van der Waals surface area (Å²) < 4.78 is 34.6. The molecule has 218 valence electrons. The summed E-state index contributed by atoms with van der Waals surface area (Å²) >= 11 is 6.42. The second-order valence-electron chi connectivity index (χ2n) is 12.0. The molecule has 2 aromatic carbocycles. The van der Waals surface area contributed by atoms with Crippen molar-refractivity contribution in [2.45, 2.75) is 50.0 Å². The molecule has 1 saturated heterocycles. The highest BCUT2D eigenvalue weighted by molar-refractivity contribution is 7.70. The molecule has 0 unspecified atom stereocenters. The number of anilines is 4. The van der Waals surface area contributed by atoms with Gasteiger partial charge in [-0.2, -0.15) is 4.98 Å². The average molecular weight is 599 g/mol. The third kappa shape index (κ3) is 6.24. The van der Waals surface area contributed by atoms with Crippen LogP contribution < -0.4 is 26.4 Å². The maximum absolute atomic E-state index is 15.8. The third-order valence-electron chi connectivity index (χ3n) is 8.51. The number of nitrogens with one attached hydrogen (secondary N) is 2. The van der Waals surface area contributed by atoms with Gasteiger partial charge < -0.3 is 30.6 Å². The number of aromatic nitrogens is 2. The summed E-state index contributed by atoms with van der Waals surface area (Å²) in [6.45, 7) is 6.88. The van der Waals surface area contributed by atoms with E-state index in [1.807, 2.05) is 24.3 Å². The van der Waals surface area contributed by atoms with Crippen molar-refractivity contribution < 1.29 is 13.7 Å². The molecular formula is C30H37ClFN6O2P. The number of nitrogens with zero attached hydrogens (tertiary/aromatic N) is 3. The molecule has 2 aliphatic heterocycles. The van der Waals surface area contributed by atoms with Gasteiger partial charge in [0, 0.05) is 28.9 Å². The van der Waals surface area contributed by atoms with Crippen molar-refractivity contribution >= 4 is 47.2 Å². The fraction of sp³-hybridized carbons (Fsp3) is 0.467. The van der Waals surface area contributed by atoms with Gasteiger partial charge in [0.1, 0.15) is 23.7 Å². The van der Waals surface area contributed by atoms with Gasteiger partial charge in [-0.05, 0) is 88.7 Å². The highest BCUT2D eigenvalue weighted by Crippen LogP contribution is 2.44. The molecule has 3 aliphatic rings. The van der Waals surface area contributed by atoms with Crippen LogP contribution in [0.25, 0.3) is 0 Å². The molecule has 41 heavy (non-hydrogen) atoms. The fourth-order valence-electron chi connectivity index (χ4n) is 5.95. The Kier molecular flexibility index (Phi) is 7.74. The number of rotatable bonds is 9. The van der Waals surface area contributed by atoms with E-state index in [9.17, 15) is 4.57 Å². The van der Waals surface area contributed by atoms with Gasteiger partial charge in [0.05, 0.1) is 24.2 Å². The van der Waals surface area contributed by atoms with Crippen LogP contribution in [0.1, 0.15) is 49.1 Å².